The van der Waals surface area contributed by atoms with E-state index in [0.29, 0.717) is 0 Å². The second-order valence-corrected chi connectivity index (χ2v) is 6.17. The Kier molecular flexibility index (Phi) is 7.21. The van der Waals surface area contributed by atoms with E-state index in [1.54, 1.807) is 0 Å². The highest BCUT2D eigenvalue weighted by Crippen LogP contribution is 2.19. The van der Waals surface area contributed by atoms with Crippen LogP contribution in [0.15, 0.2) is 42.5 Å². The van der Waals surface area contributed by atoms with Gasteiger partial charge in [0, 0.05) is 22.7 Å². The number of nitro benzene ring substituents is 1. The molecule has 11 heteroatoms. The quantitative estimate of drug-likeness (QED) is 0.400. The fourth-order valence-electron chi connectivity index (χ4n) is 2.13. The van der Waals surface area contributed by atoms with Gasteiger partial charge in [-0.3, -0.25) is 24.5 Å². The minimum absolute atomic E-state index is 0.0176. The van der Waals surface area contributed by atoms with E-state index in [4.69, 9.17) is 16.3 Å². The molecule has 1 unspecified atom stereocenters. The fourth-order valence-corrected chi connectivity index (χ4v) is 2.29. The number of rotatable bonds is 7. The van der Waals surface area contributed by atoms with Gasteiger partial charge >= 0.3 is 5.97 Å². The summed E-state index contributed by atoms with van der Waals surface area (Å²) in [5.74, 6) is -3.20. The molecule has 9 nitrogen and oxygen atoms in total. The number of anilines is 1. The second kappa shape index (κ2) is 9.60. The third-order valence-electron chi connectivity index (χ3n) is 3.58. The predicted octanol–water partition coefficient (Wildman–Crippen LogP) is 2.69. The lowest BCUT2D eigenvalue weighted by atomic mass is 10.2. The van der Waals surface area contributed by atoms with Gasteiger partial charge in [0.25, 0.3) is 17.5 Å². The predicted molar refractivity (Wildman–Crippen MR) is 101 cm³/mol. The molecule has 0 bridgehead atoms. The van der Waals surface area contributed by atoms with Gasteiger partial charge in [-0.1, -0.05) is 17.7 Å². The molecule has 152 valence electrons. The van der Waals surface area contributed by atoms with Gasteiger partial charge in [0.05, 0.1) is 10.6 Å². The molecular formula is C18H15ClFN3O6. The van der Waals surface area contributed by atoms with Crippen LogP contribution in [0.1, 0.15) is 17.3 Å². The van der Waals surface area contributed by atoms with Gasteiger partial charge < -0.3 is 15.4 Å². The molecule has 2 amide bonds. The number of benzene rings is 2. The largest absolute Gasteiger partial charge is 0.451 e. The van der Waals surface area contributed by atoms with Crippen LogP contribution in [0.4, 0.5) is 15.8 Å². The van der Waals surface area contributed by atoms with Crippen molar-refractivity contribution < 1.29 is 28.4 Å². The van der Waals surface area contributed by atoms with Crippen LogP contribution in [0.2, 0.25) is 5.02 Å². The summed E-state index contributed by atoms with van der Waals surface area (Å²) in [6.45, 7) is 0.692. The number of hydrogen-bond donors (Lipinski definition) is 2. The summed E-state index contributed by atoms with van der Waals surface area (Å²) in [5, 5.41) is 15.4. The molecule has 0 radical (unpaired) electrons. The highest BCUT2D eigenvalue weighted by molar-refractivity contribution is 6.30. The molecule has 0 aliphatic carbocycles. The lowest BCUT2D eigenvalue weighted by molar-refractivity contribution is -0.384. The van der Waals surface area contributed by atoms with Gasteiger partial charge in [0.2, 0.25) is 0 Å². The first-order chi connectivity index (χ1) is 13.7. The molecule has 0 aromatic heterocycles. The van der Waals surface area contributed by atoms with Gasteiger partial charge in [-0.2, -0.15) is 0 Å². The van der Waals surface area contributed by atoms with Gasteiger partial charge in [0.15, 0.2) is 6.10 Å². The smallest absolute Gasteiger partial charge is 0.326 e. The first kappa shape index (κ1) is 21.8. The summed E-state index contributed by atoms with van der Waals surface area (Å²) in [4.78, 5) is 45.9. The Morgan fingerprint density at radius 3 is 2.62 bits per heavy atom. The zero-order chi connectivity index (χ0) is 21.6. The van der Waals surface area contributed by atoms with E-state index >= 15 is 0 Å². The van der Waals surface area contributed by atoms with Crippen LogP contribution in [0.5, 0.6) is 0 Å². The number of non-ortho nitro benzene ring substituents is 1. The Labute approximate surface area is 168 Å². The number of amides is 2. The average molecular weight is 424 g/mol. The van der Waals surface area contributed by atoms with E-state index in [2.05, 4.69) is 10.6 Å². The Hall–Kier alpha value is -3.53. The lowest BCUT2D eigenvalue weighted by Crippen LogP contribution is -2.36. The standard InChI is InChI=1S/C18H15ClFN3O6/c1-10(17(25)22-15-6-5-12(19)8-14(15)20)29-16(24)9-21-18(26)11-3-2-4-13(7-11)23(27)28/h2-8,10H,9H2,1H3,(H,21,26)(H,22,25). The highest BCUT2D eigenvalue weighted by atomic mass is 35.5. The van der Waals surface area contributed by atoms with E-state index in [9.17, 15) is 28.9 Å². The van der Waals surface area contributed by atoms with Crippen molar-refractivity contribution in [1.29, 1.82) is 0 Å². The topological polar surface area (TPSA) is 128 Å². The summed E-state index contributed by atoms with van der Waals surface area (Å²) in [5.41, 5.74) is -0.433. The van der Waals surface area contributed by atoms with Crippen molar-refractivity contribution in [1.82, 2.24) is 5.32 Å². The number of halogens is 2. The van der Waals surface area contributed by atoms with Crippen LogP contribution in [0, 0.1) is 15.9 Å². The van der Waals surface area contributed by atoms with Crippen molar-refractivity contribution in [2.24, 2.45) is 0 Å². The van der Waals surface area contributed by atoms with Crippen molar-refractivity contribution in [2.45, 2.75) is 13.0 Å². The van der Waals surface area contributed by atoms with Gasteiger partial charge in [-0.15, -0.1) is 0 Å². The summed E-state index contributed by atoms with van der Waals surface area (Å²) >= 11 is 5.62. The monoisotopic (exact) mass is 423 g/mol. The second-order valence-electron chi connectivity index (χ2n) is 5.74. The van der Waals surface area contributed by atoms with Crippen molar-refractivity contribution in [2.75, 3.05) is 11.9 Å². The lowest BCUT2D eigenvalue weighted by Gasteiger charge is -2.14. The molecule has 0 heterocycles. The zero-order valence-corrected chi connectivity index (χ0v) is 15.7. The number of ether oxygens (including phenoxy) is 1. The van der Waals surface area contributed by atoms with Gasteiger partial charge in [-0.25, -0.2) is 4.39 Å². The molecule has 2 aromatic rings. The third-order valence-corrected chi connectivity index (χ3v) is 3.81. The van der Waals surface area contributed by atoms with Crippen LogP contribution < -0.4 is 10.6 Å². The zero-order valence-electron chi connectivity index (χ0n) is 15.0. The van der Waals surface area contributed by atoms with Crippen LogP contribution in [0.3, 0.4) is 0 Å². The van der Waals surface area contributed by atoms with Crippen LogP contribution >= 0.6 is 11.6 Å². The van der Waals surface area contributed by atoms with Crippen LogP contribution in [-0.2, 0) is 14.3 Å². The first-order valence-electron chi connectivity index (χ1n) is 8.15. The Morgan fingerprint density at radius 2 is 1.97 bits per heavy atom. The number of hydrogen-bond acceptors (Lipinski definition) is 6. The van der Waals surface area contributed by atoms with Crippen molar-refractivity contribution in [3.63, 3.8) is 0 Å². The van der Waals surface area contributed by atoms with Gasteiger partial charge in [-0.05, 0) is 31.2 Å². The molecule has 1 atom stereocenters. The van der Waals surface area contributed by atoms with Gasteiger partial charge in [0.1, 0.15) is 12.4 Å². The number of nitrogens with zero attached hydrogens (tertiary/aromatic N) is 1. The highest BCUT2D eigenvalue weighted by Gasteiger charge is 2.20. The number of nitrogens with one attached hydrogen (secondary N) is 2. The molecule has 2 aromatic carbocycles. The molecule has 2 rings (SSSR count). The Balaban J connectivity index is 1.86. The molecule has 0 fully saturated rings. The normalized spacial score (nSPS) is 11.3. The maximum atomic E-state index is 13.7. The summed E-state index contributed by atoms with van der Waals surface area (Å²) in [6.07, 6.45) is -1.27. The third kappa shape index (κ3) is 6.25. The van der Waals surface area contributed by atoms with E-state index < -0.39 is 41.2 Å². The van der Waals surface area contributed by atoms with Crippen LogP contribution in [0.25, 0.3) is 0 Å². The minimum Gasteiger partial charge on any atom is -0.451 e. The summed E-state index contributed by atoms with van der Waals surface area (Å²) in [7, 11) is 0. The molecule has 0 saturated carbocycles. The average Bonchev–Trinajstić information content (AvgIpc) is 2.68. The molecule has 0 aliphatic rings. The van der Waals surface area contributed by atoms with Crippen molar-refractivity contribution >= 4 is 40.8 Å². The number of esters is 1. The fraction of sp³-hybridized carbons (Fsp3) is 0.167. The molecule has 29 heavy (non-hydrogen) atoms. The van der Waals surface area contributed by atoms with E-state index in [1.807, 2.05) is 0 Å². The van der Waals surface area contributed by atoms with E-state index in [-0.39, 0.29) is 22.0 Å². The van der Waals surface area contributed by atoms with E-state index in [0.717, 1.165) is 12.1 Å². The summed E-state index contributed by atoms with van der Waals surface area (Å²) in [6, 6.07) is 8.57. The number of carbonyl (C=O) groups is 3. The SMILES string of the molecule is CC(OC(=O)CNC(=O)c1cccc([N+](=O)[O-])c1)C(=O)Nc1ccc(Cl)cc1F. The van der Waals surface area contributed by atoms with Crippen molar-refractivity contribution in [3.05, 3.63) is 69.0 Å². The number of nitro groups is 1. The molecule has 2 N–H and O–H groups in total. The molecule has 0 spiro atoms. The van der Waals surface area contributed by atoms with E-state index in [1.165, 1.54) is 37.3 Å². The Morgan fingerprint density at radius 1 is 1.24 bits per heavy atom. The maximum absolute atomic E-state index is 13.7. The molecule has 0 aliphatic heterocycles. The maximum Gasteiger partial charge on any atom is 0.326 e. The first-order valence-corrected chi connectivity index (χ1v) is 8.53. The van der Waals surface area contributed by atoms with Crippen molar-refractivity contribution in [3.8, 4) is 0 Å². The Bertz CT molecular complexity index is 968. The van der Waals surface area contributed by atoms with Crippen LogP contribution in [-0.4, -0.2) is 35.4 Å². The number of carbonyl (C=O) groups excluding carboxylic acids is 3. The molecular weight excluding hydrogens is 409 g/mol. The minimum atomic E-state index is -1.27. The molecule has 0 saturated heterocycles. The summed E-state index contributed by atoms with van der Waals surface area (Å²) < 4.78 is 18.6.